The highest BCUT2D eigenvalue weighted by atomic mass is 79.9. The lowest BCUT2D eigenvalue weighted by molar-refractivity contribution is 0.393. The second-order valence-corrected chi connectivity index (χ2v) is 6.83. The molecule has 0 aliphatic heterocycles. The Balaban J connectivity index is 1.98. The van der Waals surface area contributed by atoms with E-state index in [0.29, 0.717) is 12.3 Å². The van der Waals surface area contributed by atoms with Crippen molar-refractivity contribution in [2.24, 2.45) is 5.14 Å². The van der Waals surface area contributed by atoms with E-state index in [4.69, 9.17) is 9.56 Å². The average Bonchev–Trinajstić information content (AvgIpc) is 2.85. The molecule has 0 saturated heterocycles. The van der Waals surface area contributed by atoms with Gasteiger partial charge in [-0.15, -0.1) is 0 Å². The monoisotopic (exact) mass is 358 g/mol. The highest BCUT2D eigenvalue weighted by Crippen LogP contribution is 2.18. The number of hydrogen-bond acceptors (Lipinski definition) is 4. The molecule has 2 aromatic rings. The van der Waals surface area contributed by atoms with Gasteiger partial charge in [0.1, 0.15) is 5.76 Å². The lowest BCUT2D eigenvalue weighted by Gasteiger charge is -2.13. The lowest BCUT2D eigenvalue weighted by atomic mass is 10.1. The van der Waals surface area contributed by atoms with Crippen molar-refractivity contribution < 1.29 is 12.8 Å². The zero-order chi connectivity index (χ0) is 14.8. The number of benzene rings is 1. The second-order valence-electron chi connectivity index (χ2n) is 4.42. The Bertz CT molecular complexity index is 680. The maximum Gasteiger partial charge on any atom is 0.271 e. The van der Waals surface area contributed by atoms with E-state index >= 15 is 0 Å². The normalized spacial score (nSPS) is 13.3. The van der Waals surface area contributed by atoms with Crippen molar-refractivity contribution in [1.82, 2.24) is 5.32 Å². The summed E-state index contributed by atoms with van der Waals surface area (Å²) in [5.74, 6) is 0.526. The molecule has 1 aromatic heterocycles. The first-order chi connectivity index (χ1) is 9.36. The number of nitrogens with two attached hydrogens (primary N) is 1. The van der Waals surface area contributed by atoms with Gasteiger partial charge in [-0.1, -0.05) is 28.1 Å². The molecule has 0 aliphatic carbocycles. The number of sulfonamides is 1. The molecule has 108 valence electrons. The van der Waals surface area contributed by atoms with Gasteiger partial charge in [0.15, 0.2) is 0 Å². The third kappa shape index (κ3) is 3.92. The molecule has 1 aromatic carbocycles. The molecule has 7 heteroatoms. The molecule has 0 radical (unpaired) electrons. The zero-order valence-corrected chi connectivity index (χ0v) is 13.2. The topological polar surface area (TPSA) is 85.3 Å². The van der Waals surface area contributed by atoms with Gasteiger partial charge >= 0.3 is 0 Å². The minimum Gasteiger partial charge on any atom is -0.447 e. The fraction of sp³-hybridized carbons (Fsp3) is 0.231. The molecule has 20 heavy (non-hydrogen) atoms. The smallest absolute Gasteiger partial charge is 0.271 e. The van der Waals surface area contributed by atoms with Crippen LogP contribution in [0.5, 0.6) is 0 Å². The molecular weight excluding hydrogens is 344 g/mol. The summed E-state index contributed by atoms with van der Waals surface area (Å²) >= 11 is 3.39. The van der Waals surface area contributed by atoms with Crippen LogP contribution in [0.3, 0.4) is 0 Å². The Kier molecular flexibility index (Phi) is 4.64. The molecule has 2 rings (SSSR count). The van der Waals surface area contributed by atoms with E-state index < -0.39 is 10.0 Å². The SMILES string of the molecule is CC(NCc1ccc(S(N)(=O)=O)o1)c1ccc(Br)cc1. The van der Waals surface area contributed by atoms with Crippen LogP contribution in [-0.2, 0) is 16.6 Å². The first-order valence-electron chi connectivity index (χ1n) is 5.96. The fourth-order valence-electron chi connectivity index (χ4n) is 1.73. The number of rotatable bonds is 5. The molecule has 3 N–H and O–H groups in total. The minimum atomic E-state index is -3.78. The van der Waals surface area contributed by atoms with Crippen molar-refractivity contribution in [3.8, 4) is 0 Å². The summed E-state index contributed by atoms with van der Waals surface area (Å²) in [7, 11) is -3.78. The Morgan fingerprint density at radius 2 is 1.90 bits per heavy atom. The van der Waals surface area contributed by atoms with Gasteiger partial charge in [0.2, 0.25) is 5.09 Å². The summed E-state index contributed by atoms with van der Waals surface area (Å²) in [4.78, 5) is 0. The molecule has 0 amide bonds. The summed E-state index contributed by atoms with van der Waals surface area (Å²) in [6, 6.07) is 11.0. The Hall–Kier alpha value is -1.15. The van der Waals surface area contributed by atoms with E-state index in [1.807, 2.05) is 31.2 Å². The van der Waals surface area contributed by atoms with Gasteiger partial charge in [0.05, 0.1) is 6.54 Å². The number of furan rings is 1. The van der Waals surface area contributed by atoms with Crippen molar-refractivity contribution in [2.45, 2.75) is 24.6 Å². The lowest BCUT2D eigenvalue weighted by Crippen LogP contribution is -2.17. The van der Waals surface area contributed by atoms with Crippen LogP contribution in [0.1, 0.15) is 24.3 Å². The fourth-order valence-corrected chi connectivity index (χ4v) is 2.47. The second kappa shape index (κ2) is 6.09. The zero-order valence-electron chi connectivity index (χ0n) is 10.8. The van der Waals surface area contributed by atoms with Crippen molar-refractivity contribution in [3.63, 3.8) is 0 Å². The summed E-state index contributed by atoms with van der Waals surface area (Å²) in [5.41, 5.74) is 1.13. The molecule has 0 spiro atoms. The Morgan fingerprint density at radius 1 is 1.25 bits per heavy atom. The quantitative estimate of drug-likeness (QED) is 0.859. The van der Waals surface area contributed by atoms with E-state index in [-0.39, 0.29) is 11.1 Å². The highest BCUT2D eigenvalue weighted by molar-refractivity contribution is 9.10. The molecule has 1 unspecified atom stereocenters. The molecule has 5 nitrogen and oxygen atoms in total. The van der Waals surface area contributed by atoms with E-state index in [9.17, 15) is 8.42 Å². The number of halogens is 1. The number of primary sulfonamides is 1. The molecular formula is C13H15BrN2O3S. The maximum absolute atomic E-state index is 11.1. The number of nitrogens with one attached hydrogen (secondary N) is 1. The summed E-state index contributed by atoms with van der Waals surface area (Å²) in [6.45, 7) is 2.44. The van der Waals surface area contributed by atoms with Gasteiger partial charge in [-0.25, -0.2) is 13.6 Å². The molecule has 0 fully saturated rings. The highest BCUT2D eigenvalue weighted by Gasteiger charge is 2.13. The standard InChI is InChI=1S/C13H15BrN2O3S/c1-9(10-2-4-11(14)5-3-10)16-8-12-6-7-13(19-12)20(15,17)18/h2-7,9,16H,8H2,1H3,(H2,15,17,18). The maximum atomic E-state index is 11.1. The summed E-state index contributed by atoms with van der Waals surface area (Å²) < 4.78 is 28.4. The largest absolute Gasteiger partial charge is 0.447 e. The van der Waals surface area contributed by atoms with Crippen LogP contribution in [-0.4, -0.2) is 8.42 Å². The van der Waals surface area contributed by atoms with Crippen LogP contribution in [0.2, 0.25) is 0 Å². The van der Waals surface area contributed by atoms with Gasteiger partial charge < -0.3 is 9.73 Å². The first kappa shape index (κ1) is 15.2. The predicted octanol–water partition coefficient (Wildman–Crippen LogP) is 2.54. The Labute approximate surface area is 126 Å². The van der Waals surface area contributed by atoms with E-state index in [1.54, 1.807) is 6.07 Å². The average molecular weight is 359 g/mol. The van der Waals surface area contributed by atoms with Crippen molar-refractivity contribution in [2.75, 3.05) is 0 Å². The third-order valence-electron chi connectivity index (χ3n) is 2.87. The third-order valence-corrected chi connectivity index (χ3v) is 4.18. The Morgan fingerprint density at radius 3 is 2.45 bits per heavy atom. The van der Waals surface area contributed by atoms with Crippen molar-refractivity contribution >= 4 is 26.0 Å². The van der Waals surface area contributed by atoms with Crippen LogP contribution in [0.15, 0.2) is 50.4 Å². The summed E-state index contributed by atoms with van der Waals surface area (Å²) in [6.07, 6.45) is 0. The van der Waals surface area contributed by atoms with Crippen LogP contribution < -0.4 is 10.5 Å². The van der Waals surface area contributed by atoms with Gasteiger partial charge in [-0.3, -0.25) is 0 Å². The first-order valence-corrected chi connectivity index (χ1v) is 8.30. The number of hydrogen-bond donors (Lipinski definition) is 2. The van der Waals surface area contributed by atoms with Crippen molar-refractivity contribution in [1.29, 1.82) is 0 Å². The molecule has 0 aliphatic rings. The van der Waals surface area contributed by atoms with Crippen molar-refractivity contribution in [3.05, 3.63) is 52.2 Å². The summed E-state index contributed by atoms with van der Waals surface area (Å²) in [5, 5.41) is 8.02. The molecule has 1 heterocycles. The van der Waals surface area contributed by atoms with Crippen LogP contribution in [0, 0.1) is 0 Å². The van der Waals surface area contributed by atoms with Crippen LogP contribution in [0.4, 0.5) is 0 Å². The van der Waals surface area contributed by atoms with Crippen LogP contribution in [0.25, 0.3) is 0 Å². The van der Waals surface area contributed by atoms with Gasteiger partial charge in [-0.2, -0.15) is 0 Å². The van der Waals surface area contributed by atoms with E-state index in [2.05, 4.69) is 21.2 Å². The molecule has 1 atom stereocenters. The van der Waals surface area contributed by atoms with Gasteiger partial charge in [0.25, 0.3) is 10.0 Å². The minimum absolute atomic E-state index is 0.117. The van der Waals surface area contributed by atoms with Gasteiger partial charge in [-0.05, 0) is 36.8 Å². The molecule has 0 bridgehead atoms. The van der Waals surface area contributed by atoms with E-state index in [1.165, 1.54) is 6.07 Å². The molecule has 0 saturated carbocycles. The van der Waals surface area contributed by atoms with Crippen LogP contribution >= 0.6 is 15.9 Å². The van der Waals surface area contributed by atoms with E-state index in [0.717, 1.165) is 10.0 Å². The van der Waals surface area contributed by atoms with Gasteiger partial charge in [0, 0.05) is 10.5 Å². The predicted molar refractivity (Wildman–Crippen MR) is 79.5 cm³/mol.